The third-order valence-corrected chi connectivity index (χ3v) is 6.03. The van der Waals surface area contributed by atoms with Crippen LogP contribution >= 0.6 is 0 Å². The molecule has 2 aliphatic heterocycles. The van der Waals surface area contributed by atoms with E-state index >= 15 is 0 Å². The van der Waals surface area contributed by atoms with Crippen LogP contribution in [0.25, 0.3) is 0 Å². The number of hydrogen-bond acceptors (Lipinski definition) is 6. The van der Waals surface area contributed by atoms with Crippen molar-refractivity contribution in [3.05, 3.63) is 53.6 Å². The minimum absolute atomic E-state index is 0.0313. The fourth-order valence-corrected chi connectivity index (χ4v) is 4.23. The first-order valence-corrected chi connectivity index (χ1v) is 11.9. The first kappa shape index (κ1) is 23.5. The molecule has 0 aromatic heterocycles. The van der Waals surface area contributed by atoms with Crippen molar-refractivity contribution < 1.29 is 19.0 Å². The van der Waals surface area contributed by atoms with E-state index in [9.17, 15) is 4.79 Å². The molecule has 0 bridgehead atoms. The average molecular weight is 454 g/mol. The van der Waals surface area contributed by atoms with Crippen LogP contribution in [0.5, 0.6) is 11.5 Å². The topological polar surface area (TPSA) is 72.1 Å². The van der Waals surface area contributed by atoms with Crippen molar-refractivity contribution in [1.82, 2.24) is 10.2 Å². The summed E-state index contributed by atoms with van der Waals surface area (Å²) in [6.07, 6.45) is 0.879. The number of carbonyl (C=O) groups is 1. The Kier molecular flexibility index (Phi) is 8.20. The van der Waals surface area contributed by atoms with Crippen LogP contribution in [0.15, 0.2) is 42.5 Å². The maximum Gasteiger partial charge on any atom is 0.238 e. The Morgan fingerprint density at radius 2 is 1.70 bits per heavy atom. The minimum Gasteiger partial charge on any atom is -0.490 e. The van der Waals surface area contributed by atoms with Crippen LogP contribution in [0.3, 0.4) is 0 Å². The minimum atomic E-state index is -0.0593. The van der Waals surface area contributed by atoms with Crippen molar-refractivity contribution in [3.8, 4) is 11.5 Å². The molecule has 2 aromatic rings. The zero-order valence-electron chi connectivity index (χ0n) is 19.6. The van der Waals surface area contributed by atoms with Crippen LogP contribution in [0.1, 0.15) is 37.4 Å². The van der Waals surface area contributed by atoms with Crippen molar-refractivity contribution in [3.63, 3.8) is 0 Å². The number of nitrogens with zero attached hydrogens (tertiary/aromatic N) is 1. The molecule has 33 heavy (non-hydrogen) atoms. The summed E-state index contributed by atoms with van der Waals surface area (Å²) in [5.41, 5.74) is 3.14. The molecule has 2 N–H and O–H groups in total. The molecular formula is C26H35N3O4. The van der Waals surface area contributed by atoms with Crippen molar-refractivity contribution in [1.29, 1.82) is 0 Å². The molecule has 2 aliphatic rings. The quantitative estimate of drug-likeness (QED) is 0.636. The summed E-state index contributed by atoms with van der Waals surface area (Å²) in [4.78, 5) is 15.0. The fraction of sp³-hybridized carbons (Fsp3) is 0.500. The lowest BCUT2D eigenvalue weighted by atomic mass is 9.95. The van der Waals surface area contributed by atoms with E-state index in [0.717, 1.165) is 62.0 Å². The summed E-state index contributed by atoms with van der Waals surface area (Å²) in [5, 5.41) is 6.41. The van der Waals surface area contributed by atoms with E-state index in [1.54, 1.807) is 0 Å². The number of morpholine rings is 1. The lowest BCUT2D eigenvalue weighted by Gasteiger charge is -2.26. The third kappa shape index (κ3) is 6.69. The highest BCUT2D eigenvalue weighted by molar-refractivity contribution is 5.92. The van der Waals surface area contributed by atoms with E-state index in [4.69, 9.17) is 14.2 Å². The highest BCUT2D eigenvalue weighted by Crippen LogP contribution is 2.34. The van der Waals surface area contributed by atoms with Gasteiger partial charge in [-0.15, -0.1) is 0 Å². The van der Waals surface area contributed by atoms with Crippen LogP contribution in [-0.2, 0) is 16.1 Å². The Morgan fingerprint density at radius 1 is 0.970 bits per heavy atom. The number of rotatable bonds is 8. The first-order valence-electron chi connectivity index (χ1n) is 11.9. The molecule has 0 spiro atoms. The number of carbonyl (C=O) groups excluding carboxylic acids is 1. The van der Waals surface area contributed by atoms with Crippen molar-refractivity contribution in [2.75, 3.05) is 51.4 Å². The van der Waals surface area contributed by atoms with E-state index in [2.05, 4.69) is 47.6 Å². The van der Waals surface area contributed by atoms with Gasteiger partial charge in [-0.2, -0.15) is 0 Å². The normalized spacial score (nSPS) is 17.4. The van der Waals surface area contributed by atoms with E-state index in [0.29, 0.717) is 19.1 Å². The summed E-state index contributed by atoms with van der Waals surface area (Å²) in [5.74, 6) is 1.81. The highest BCUT2D eigenvalue weighted by atomic mass is 16.5. The number of nitrogens with one attached hydrogen (secondary N) is 2. The van der Waals surface area contributed by atoms with Gasteiger partial charge in [-0.1, -0.05) is 32.0 Å². The molecule has 7 heteroatoms. The molecule has 7 nitrogen and oxygen atoms in total. The Hall–Kier alpha value is -2.61. The molecule has 178 valence electrons. The van der Waals surface area contributed by atoms with Crippen LogP contribution in [0.4, 0.5) is 5.69 Å². The lowest BCUT2D eigenvalue weighted by molar-refractivity contribution is -0.115. The van der Waals surface area contributed by atoms with Gasteiger partial charge in [0.1, 0.15) is 0 Å². The SMILES string of the molecule is CC(C)C(NCC(=O)Nc1ccc(CN2CCOCC2)cc1)c1ccc2c(c1)OCCCO2. The number of ether oxygens (including phenoxy) is 3. The molecule has 1 amide bonds. The smallest absolute Gasteiger partial charge is 0.238 e. The van der Waals surface area contributed by atoms with Gasteiger partial charge in [0.2, 0.25) is 5.91 Å². The zero-order chi connectivity index (χ0) is 23.0. The Labute approximate surface area is 196 Å². The van der Waals surface area contributed by atoms with Crippen LogP contribution in [0.2, 0.25) is 0 Å². The van der Waals surface area contributed by atoms with E-state index in [1.807, 2.05) is 24.3 Å². The Balaban J connectivity index is 1.30. The summed E-state index contributed by atoms with van der Waals surface area (Å²) in [7, 11) is 0. The Morgan fingerprint density at radius 3 is 2.42 bits per heavy atom. The number of fused-ring (bicyclic) bond motifs is 1. The zero-order valence-corrected chi connectivity index (χ0v) is 19.6. The molecule has 1 saturated heterocycles. The summed E-state index contributed by atoms with van der Waals surface area (Å²) in [6, 6.07) is 14.2. The number of anilines is 1. The van der Waals surface area contributed by atoms with Gasteiger partial charge in [-0.05, 0) is 41.3 Å². The predicted octanol–water partition coefficient (Wildman–Crippen LogP) is 3.61. The Bertz CT molecular complexity index is 910. The number of amides is 1. The molecule has 4 rings (SSSR count). The summed E-state index contributed by atoms with van der Waals surface area (Å²) < 4.78 is 17.0. The van der Waals surface area contributed by atoms with Gasteiger partial charge < -0.3 is 24.8 Å². The molecule has 2 heterocycles. The predicted molar refractivity (Wildman–Crippen MR) is 129 cm³/mol. The van der Waals surface area contributed by atoms with E-state index in [-0.39, 0.29) is 18.5 Å². The monoisotopic (exact) mass is 453 g/mol. The second-order valence-electron chi connectivity index (χ2n) is 8.99. The molecule has 1 atom stereocenters. The van der Waals surface area contributed by atoms with Gasteiger partial charge in [-0.25, -0.2) is 0 Å². The molecular weight excluding hydrogens is 418 g/mol. The van der Waals surface area contributed by atoms with E-state index in [1.165, 1.54) is 5.56 Å². The lowest BCUT2D eigenvalue weighted by Crippen LogP contribution is -2.35. The largest absolute Gasteiger partial charge is 0.490 e. The molecule has 0 aliphatic carbocycles. The third-order valence-electron chi connectivity index (χ3n) is 6.03. The van der Waals surface area contributed by atoms with Gasteiger partial charge in [0.05, 0.1) is 33.0 Å². The van der Waals surface area contributed by atoms with Crippen molar-refractivity contribution >= 4 is 11.6 Å². The van der Waals surface area contributed by atoms with Gasteiger partial charge in [-0.3, -0.25) is 9.69 Å². The van der Waals surface area contributed by atoms with Crippen molar-refractivity contribution in [2.45, 2.75) is 32.9 Å². The maximum atomic E-state index is 12.6. The maximum absolute atomic E-state index is 12.6. The number of benzene rings is 2. The highest BCUT2D eigenvalue weighted by Gasteiger charge is 2.20. The average Bonchev–Trinajstić information content (AvgIpc) is 3.06. The summed E-state index contributed by atoms with van der Waals surface area (Å²) >= 11 is 0. The van der Waals surface area contributed by atoms with Crippen LogP contribution in [-0.4, -0.2) is 56.9 Å². The van der Waals surface area contributed by atoms with Crippen LogP contribution < -0.4 is 20.1 Å². The van der Waals surface area contributed by atoms with Crippen LogP contribution in [0, 0.1) is 5.92 Å². The van der Waals surface area contributed by atoms with Gasteiger partial charge in [0.25, 0.3) is 0 Å². The van der Waals surface area contributed by atoms with Gasteiger partial charge >= 0.3 is 0 Å². The fourth-order valence-electron chi connectivity index (χ4n) is 4.23. The molecule has 0 radical (unpaired) electrons. The molecule has 1 unspecified atom stereocenters. The first-order chi connectivity index (χ1) is 16.1. The second kappa shape index (κ2) is 11.5. The van der Waals surface area contributed by atoms with Gasteiger partial charge in [0, 0.05) is 37.8 Å². The van der Waals surface area contributed by atoms with Gasteiger partial charge in [0.15, 0.2) is 11.5 Å². The standard InChI is InChI=1S/C26H35N3O4/c1-19(2)26(21-6-9-23-24(16-21)33-13-3-12-32-23)27-17-25(30)28-22-7-4-20(5-8-22)18-29-10-14-31-15-11-29/h4-9,16,19,26-27H,3,10-15,17-18H2,1-2H3,(H,28,30). The summed E-state index contributed by atoms with van der Waals surface area (Å²) in [6.45, 7) is 10.3. The molecule has 2 aromatic carbocycles. The van der Waals surface area contributed by atoms with E-state index < -0.39 is 0 Å². The molecule has 0 saturated carbocycles. The number of hydrogen-bond donors (Lipinski definition) is 2. The van der Waals surface area contributed by atoms with Crippen molar-refractivity contribution in [2.24, 2.45) is 5.92 Å². The second-order valence-corrected chi connectivity index (χ2v) is 8.99. The molecule has 1 fully saturated rings.